The Morgan fingerprint density at radius 3 is 2.75 bits per heavy atom. The fourth-order valence-corrected chi connectivity index (χ4v) is 1.52. The van der Waals surface area contributed by atoms with E-state index < -0.39 is 0 Å². The van der Waals surface area contributed by atoms with Crippen molar-refractivity contribution in [1.82, 2.24) is 0 Å². The topological polar surface area (TPSA) is 38.3 Å². The van der Waals surface area contributed by atoms with Crippen LogP contribution in [0.3, 0.4) is 0 Å². The molecule has 0 saturated heterocycles. The molecule has 0 heterocycles. The standard InChI is InChI=1S/C12H15NO2S/c1-3-12(14)15-9-8-13-10-4-6-11(16-2)7-5-10/h3-7,13H,1,8-9H2,2H3. The summed E-state index contributed by atoms with van der Waals surface area (Å²) in [4.78, 5) is 12.0. The van der Waals surface area contributed by atoms with Gasteiger partial charge in [-0.05, 0) is 30.5 Å². The molecule has 4 heteroatoms. The summed E-state index contributed by atoms with van der Waals surface area (Å²) in [7, 11) is 0. The highest BCUT2D eigenvalue weighted by Crippen LogP contribution is 2.17. The van der Waals surface area contributed by atoms with Crippen molar-refractivity contribution in [1.29, 1.82) is 0 Å². The molecule has 0 aliphatic heterocycles. The third-order valence-corrected chi connectivity index (χ3v) is 2.68. The van der Waals surface area contributed by atoms with Gasteiger partial charge in [-0.15, -0.1) is 11.8 Å². The molecule has 0 aromatic heterocycles. The molecule has 0 unspecified atom stereocenters. The first-order valence-corrected chi connectivity index (χ1v) is 6.16. The zero-order valence-electron chi connectivity index (χ0n) is 9.23. The molecule has 3 nitrogen and oxygen atoms in total. The van der Waals surface area contributed by atoms with Gasteiger partial charge >= 0.3 is 5.97 Å². The monoisotopic (exact) mass is 237 g/mol. The van der Waals surface area contributed by atoms with Crippen molar-refractivity contribution in [2.75, 3.05) is 24.7 Å². The largest absolute Gasteiger partial charge is 0.461 e. The molecule has 0 amide bonds. The molecule has 0 aliphatic carbocycles. The summed E-state index contributed by atoms with van der Waals surface area (Å²) in [5, 5.41) is 3.15. The number of carbonyl (C=O) groups is 1. The fraction of sp³-hybridized carbons (Fsp3) is 0.250. The molecule has 0 atom stereocenters. The number of thioether (sulfide) groups is 1. The van der Waals surface area contributed by atoms with E-state index in [0.717, 1.165) is 11.8 Å². The predicted octanol–water partition coefficient (Wildman–Crippen LogP) is 2.55. The molecular formula is C12H15NO2S. The van der Waals surface area contributed by atoms with Gasteiger partial charge in [-0.25, -0.2) is 4.79 Å². The van der Waals surface area contributed by atoms with Crippen LogP contribution in [0.4, 0.5) is 5.69 Å². The van der Waals surface area contributed by atoms with Crippen molar-refractivity contribution in [2.24, 2.45) is 0 Å². The van der Waals surface area contributed by atoms with Gasteiger partial charge in [0, 0.05) is 23.2 Å². The highest BCUT2D eigenvalue weighted by Gasteiger charge is 1.95. The van der Waals surface area contributed by atoms with Crippen molar-refractivity contribution >= 4 is 23.4 Å². The summed E-state index contributed by atoms with van der Waals surface area (Å²) in [5.74, 6) is -0.389. The van der Waals surface area contributed by atoms with Gasteiger partial charge in [0.25, 0.3) is 0 Å². The minimum atomic E-state index is -0.389. The third kappa shape index (κ3) is 4.40. The van der Waals surface area contributed by atoms with Crippen molar-refractivity contribution in [3.8, 4) is 0 Å². The Morgan fingerprint density at radius 1 is 1.50 bits per heavy atom. The molecule has 0 radical (unpaired) electrons. The van der Waals surface area contributed by atoms with Gasteiger partial charge in [0.1, 0.15) is 6.61 Å². The lowest BCUT2D eigenvalue weighted by Crippen LogP contribution is -2.12. The highest BCUT2D eigenvalue weighted by atomic mass is 32.2. The molecule has 1 rings (SSSR count). The normalized spacial score (nSPS) is 9.56. The Labute approximate surface area is 99.9 Å². The van der Waals surface area contributed by atoms with Gasteiger partial charge < -0.3 is 10.1 Å². The first-order valence-electron chi connectivity index (χ1n) is 4.93. The summed E-state index contributed by atoms with van der Waals surface area (Å²) in [6.07, 6.45) is 3.20. The van der Waals surface area contributed by atoms with Gasteiger partial charge in [-0.1, -0.05) is 6.58 Å². The minimum absolute atomic E-state index is 0.342. The van der Waals surface area contributed by atoms with Crippen LogP contribution in [0, 0.1) is 0 Å². The number of hydrogen-bond donors (Lipinski definition) is 1. The Bertz CT molecular complexity index is 349. The Kier molecular flexibility index (Phi) is 5.50. The lowest BCUT2D eigenvalue weighted by Gasteiger charge is -2.06. The summed E-state index contributed by atoms with van der Waals surface area (Å²) in [6, 6.07) is 8.09. The molecule has 0 aliphatic rings. The molecule has 16 heavy (non-hydrogen) atoms. The molecule has 86 valence electrons. The smallest absolute Gasteiger partial charge is 0.330 e. The van der Waals surface area contributed by atoms with Crippen LogP contribution in [0.2, 0.25) is 0 Å². The van der Waals surface area contributed by atoms with Crippen molar-refractivity contribution in [3.63, 3.8) is 0 Å². The van der Waals surface area contributed by atoms with E-state index in [0.29, 0.717) is 13.2 Å². The van der Waals surface area contributed by atoms with Crippen LogP contribution in [0.1, 0.15) is 0 Å². The molecular weight excluding hydrogens is 222 g/mol. The van der Waals surface area contributed by atoms with Crippen LogP contribution >= 0.6 is 11.8 Å². The van der Waals surface area contributed by atoms with E-state index in [2.05, 4.69) is 11.9 Å². The van der Waals surface area contributed by atoms with E-state index >= 15 is 0 Å². The molecule has 0 spiro atoms. The van der Waals surface area contributed by atoms with Crippen LogP contribution in [0.5, 0.6) is 0 Å². The zero-order chi connectivity index (χ0) is 11.8. The molecule has 1 N–H and O–H groups in total. The van der Waals surface area contributed by atoms with Gasteiger partial charge in [0.05, 0.1) is 0 Å². The van der Waals surface area contributed by atoms with E-state index in [-0.39, 0.29) is 5.97 Å². The second kappa shape index (κ2) is 6.95. The number of nitrogens with one attached hydrogen (secondary N) is 1. The second-order valence-corrected chi connectivity index (χ2v) is 3.91. The molecule has 0 fully saturated rings. The highest BCUT2D eigenvalue weighted by molar-refractivity contribution is 7.98. The van der Waals surface area contributed by atoms with Gasteiger partial charge in [-0.2, -0.15) is 0 Å². The quantitative estimate of drug-likeness (QED) is 0.357. The summed E-state index contributed by atoms with van der Waals surface area (Å²) in [6.45, 7) is 4.26. The van der Waals surface area contributed by atoms with E-state index in [4.69, 9.17) is 4.74 Å². The molecule has 1 aromatic carbocycles. The minimum Gasteiger partial charge on any atom is -0.461 e. The molecule has 1 aromatic rings. The number of esters is 1. The number of carbonyl (C=O) groups excluding carboxylic acids is 1. The van der Waals surface area contributed by atoms with Crippen molar-refractivity contribution in [2.45, 2.75) is 4.90 Å². The Morgan fingerprint density at radius 2 is 2.19 bits per heavy atom. The van der Waals surface area contributed by atoms with E-state index in [9.17, 15) is 4.79 Å². The van der Waals surface area contributed by atoms with Crippen molar-refractivity contribution in [3.05, 3.63) is 36.9 Å². The summed E-state index contributed by atoms with van der Waals surface area (Å²) >= 11 is 1.70. The molecule has 0 bridgehead atoms. The number of benzene rings is 1. The SMILES string of the molecule is C=CC(=O)OCCNc1ccc(SC)cc1. The van der Waals surface area contributed by atoms with Crippen LogP contribution in [0.15, 0.2) is 41.8 Å². The first-order chi connectivity index (χ1) is 7.76. The summed E-state index contributed by atoms with van der Waals surface area (Å²) < 4.78 is 4.83. The van der Waals surface area contributed by atoms with Crippen molar-refractivity contribution < 1.29 is 9.53 Å². The Balaban J connectivity index is 2.26. The van der Waals surface area contributed by atoms with E-state index in [1.165, 1.54) is 4.90 Å². The maximum Gasteiger partial charge on any atom is 0.330 e. The van der Waals surface area contributed by atoms with Gasteiger partial charge in [0.15, 0.2) is 0 Å². The Hall–Kier alpha value is -1.42. The maximum atomic E-state index is 10.7. The van der Waals surface area contributed by atoms with Gasteiger partial charge in [-0.3, -0.25) is 0 Å². The second-order valence-electron chi connectivity index (χ2n) is 3.03. The average molecular weight is 237 g/mol. The van der Waals surface area contributed by atoms with Gasteiger partial charge in [0.2, 0.25) is 0 Å². The lowest BCUT2D eigenvalue weighted by atomic mass is 10.3. The fourth-order valence-electron chi connectivity index (χ4n) is 1.11. The number of anilines is 1. The predicted molar refractivity (Wildman–Crippen MR) is 67.9 cm³/mol. The zero-order valence-corrected chi connectivity index (χ0v) is 10.0. The van der Waals surface area contributed by atoms with Crippen LogP contribution in [0.25, 0.3) is 0 Å². The number of hydrogen-bond acceptors (Lipinski definition) is 4. The first kappa shape index (κ1) is 12.6. The van der Waals surface area contributed by atoms with Crippen LogP contribution in [-0.2, 0) is 9.53 Å². The summed E-state index contributed by atoms with van der Waals surface area (Å²) in [5.41, 5.74) is 1.02. The third-order valence-electron chi connectivity index (χ3n) is 1.93. The maximum absolute atomic E-state index is 10.7. The van der Waals surface area contributed by atoms with E-state index in [1.54, 1.807) is 11.8 Å². The lowest BCUT2D eigenvalue weighted by molar-refractivity contribution is -0.137. The van der Waals surface area contributed by atoms with E-state index in [1.807, 2.05) is 30.5 Å². The van der Waals surface area contributed by atoms with Crippen LogP contribution in [-0.4, -0.2) is 25.4 Å². The molecule has 0 saturated carbocycles. The van der Waals surface area contributed by atoms with Crippen LogP contribution < -0.4 is 5.32 Å². The number of ether oxygens (including phenoxy) is 1. The number of rotatable bonds is 6. The average Bonchev–Trinajstić information content (AvgIpc) is 2.35.